The number of aldehydes is 1. The Kier molecular flexibility index (Phi) is 7.20. The van der Waals surface area contributed by atoms with E-state index in [4.69, 9.17) is 5.73 Å². The Morgan fingerprint density at radius 2 is 2.23 bits per heavy atom. The first kappa shape index (κ1) is 12.1. The van der Waals surface area contributed by atoms with Crippen LogP contribution in [-0.4, -0.2) is 24.8 Å². The molecule has 0 fully saturated rings. The van der Waals surface area contributed by atoms with Crippen LogP contribution in [0.5, 0.6) is 0 Å². The van der Waals surface area contributed by atoms with Crippen LogP contribution in [0.1, 0.15) is 32.6 Å². The van der Waals surface area contributed by atoms with Crippen LogP contribution in [0.25, 0.3) is 0 Å². The normalized spacial score (nSPS) is 12.2. The van der Waals surface area contributed by atoms with Gasteiger partial charge in [0.15, 0.2) is 0 Å². The van der Waals surface area contributed by atoms with Crippen LogP contribution in [0.3, 0.4) is 0 Å². The lowest BCUT2D eigenvalue weighted by Crippen LogP contribution is -2.35. The minimum atomic E-state index is -0.334. The molecule has 0 aliphatic carbocycles. The van der Waals surface area contributed by atoms with Crippen molar-refractivity contribution < 1.29 is 9.59 Å². The van der Waals surface area contributed by atoms with Crippen molar-refractivity contribution in [3.63, 3.8) is 0 Å². The minimum Gasteiger partial charge on any atom is -0.347 e. The highest BCUT2D eigenvalue weighted by Crippen LogP contribution is 1.98. The van der Waals surface area contributed by atoms with E-state index in [-0.39, 0.29) is 11.9 Å². The maximum Gasteiger partial charge on any atom is 0.220 e. The van der Waals surface area contributed by atoms with Crippen LogP contribution in [0.4, 0.5) is 0 Å². The molecule has 1 unspecified atom stereocenters. The summed E-state index contributed by atoms with van der Waals surface area (Å²) in [4.78, 5) is 21.4. The number of hydrogen-bond donors (Lipinski definition) is 2. The van der Waals surface area contributed by atoms with Crippen molar-refractivity contribution in [2.75, 3.05) is 6.54 Å². The number of rotatable bonds is 7. The van der Waals surface area contributed by atoms with E-state index in [1.54, 1.807) is 6.92 Å². The van der Waals surface area contributed by atoms with E-state index < -0.39 is 0 Å². The molecule has 4 heteroatoms. The number of carbonyl (C=O) groups is 2. The molecule has 0 spiro atoms. The summed E-state index contributed by atoms with van der Waals surface area (Å²) in [5.74, 6) is -0.0788. The fourth-order valence-corrected chi connectivity index (χ4v) is 0.992. The number of unbranched alkanes of at least 4 members (excludes halogenated alkanes) is 1. The summed E-state index contributed by atoms with van der Waals surface area (Å²) in [7, 11) is 0. The third kappa shape index (κ3) is 6.28. The number of nitrogens with two attached hydrogens (primary N) is 1. The van der Waals surface area contributed by atoms with Crippen molar-refractivity contribution in [2.24, 2.45) is 5.73 Å². The standard InChI is InChI=1S/C9H18N2O2/c1-2-9(13)11-8(7-12)5-3-4-6-10/h7-8H,2-6,10H2,1H3,(H,11,13). The Morgan fingerprint density at radius 3 is 2.69 bits per heavy atom. The maximum absolute atomic E-state index is 10.9. The van der Waals surface area contributed by atoms with Crippen molar-refractivity contribution in [1.82, 2.24) is 5.32 Å². The zero-order valence-electron chi connectivity index (χ0n) is 8.08. The lowest BCUT2D eigenvalue weighted by Gasteiger charge is -2.11. The van der Waals surface area contributed by atoms with Crippen molar-refractivity contribution in [2.45, 2.75) is 38.6 Å². The first-order valence-electron chi connectivity index (χ1n) is 4.69. The predicted octanol–water partition coefficient (Wildman–Crippen LogP) is 0.209. The van der Waals surface area contributed by atoms with E-state index >= 15 is 0 Å². The highest BCUT2D eigenvalue weighted by Gasteiger charge is 2.08. The van der Waals surface area contributed by atoms with Gasteiger partial charge in [-0.05, 0) is 25.8 Å². The average molecular weight is 186 g/mol. The second-order valence-corrected chi connectivity index (χ2v) is 2.95. The number of carbonyl (C=O) groups excluding carboxylic acids is 2. The largest absolute Gasteiger partial charge is 0.347 e. The summed E-state index contributed by atoms with van der Waals surface area (Å²) >= 11 is 0. The van der Waals surface area contributed by atoms with Crippen LogP contribution >= 0.6 is 0 Å². The smallest absolute Gasteiger partial charge is 0.220 e. The summed E-state index contributed by atoms with van der Waals surface area (Å²) in [6, 6.07) is -0.334. The molecule has 4 nitrogen and oxygen atoms in total. The molecule has 0 aromatic carbocycles. The summed E-state index contributed by atoms with van der Waals surface area (Å²) in [5, 5.41) is 2.63. The fourth-order valence-electron chi connectivity index (χ4n) is 0.992. The lowest BCUT2D eigenvalue weighted by atomic mass is 10.1. The molecular formula is C9H18N2O2. The number of hydrogen-bond acceptors (Lipinski definition) is 3. The summed E-state index contributed by atoms with van der Waals surface area (Å²) in [6.45, 7) is 2.39. The highest BCUT2D eigenvalue weighted by molar-refractivity contribution is 5.79. The van der Waals surface area contributed by atoms with Crippen LogP contribution < -0.4 is 11.1 Å². The topological polar surface area (TPSA) is 72.2 Å². The van der Waals surface area contributed by atoms with Crippen molar-refractivity contribution in [3.8, 4) is 0 Å². The predicted molar refractivity (Wildman–Crippen MR) is 51.2 cm³/mol. The molecule has 0 aromatic rings. The zero-order chi connectivity index (χ0) is 10.1. The molecule has 0 aliphatic rings. The second-order valence-electron chi connectivity index (χ2n) is 2.95. The van der Waals surface area contributed by atoms with Gasteiger partial charge in [0.25, 0.3) is 0 Å². The molecule has 0 bridgehead atoms. The van der Waals surface area contributed by atoms with Crippen molar-refractivity contribution in [1.29, 1.82) is 0 Å². The average Bonchev–Trinajstić information content (AvgIpc) is 2.16. The van der Waals surface area contributed by atoms with Gasteiger partial charge in [0.1, 0.15) is 6.29 Å². The molecule has 1 atom stereocenters. The van der Waals surface area contributed by atoms with E-state index in [1.165, 1.54) is 0 Å². The molecule has 0 saturated heterocycles. The first-order valence-corrected chi connectivity index (χ1v) is 4.69. The van der Waals surface area contributed by atoms with E-state index in [1.807, 2.05) is 0 Å². The van der Waals surface area contributed by atoms with Gasteiger partial charge in [-0.1, -0.05) is 6.92 Å². The number of amides is 1. The maximum atomic E-state index is 10.9. The van der Waals surface area contributed by atoms with Gasteiger partial charge in [0, 0.05) is 6.42 Å². The zero-order valence-corrected chi connectivity index (χ0v) is 8.08. The summed E-state index contributed by atoms with van der Waals surface area (Å²) < 4.78 is 0. The second kappa shape index (κ2) is 7.73. The molecular weight excluding hydrogens is 168 g/mol. The molecule has 0 saturated carbocycles. The molecule has 13 heavy (non-hydrogen) atoms. The van der Waals surface area contributed by atoms with Gasteiger partial charge in [-0.2, -0.15) is 0 Å². The molecule has 0 radical (unpaired) electrons. The fraction of sp³-hybridized carbons (Fsp3) is 0.778. The van der Waals surface area contributed by atoms with Gasteiger partial charge in [0.2, 0.25) is 5.91 Å². The van der Waals surface area contributed by atoms with E-state index in [0.29, 0.717) is 19.4 Å². The van der Waals surface area contributed by atoms with Gasteiger partial charge < -0.3 is 15.8 Å². The molecule has 1 amide bonds. The van der Waals surface area contributed by atoms with Gasteiger partial charge in [-0.25, -0.2) is 0 Å². The quantitative estimate of drug-likeness (QED) is 0.441. The van der Waals surface area contributed by atoms with Crippen LogP contribution in [0.2, 0.25) is 0 Å². The van der Waals surface area contributed by atoms with E-state index in [9.17, 15) is 9.59 Å². The highest BCUT2D eigenvalue weighted by atomic mass is 16.2. The van der Waals surface area contributed by atoms with Gasteiger partial charge in [0.05, 0.1) is 6.04 Å². The number of nitrogens with one attached hydrogen (secondary N) is 1. The Balaban J connectivity index is 3.62. The van der Waals surface area contributed by atoms with E-state index in [0.717, 1.165) is 19.1 Å². The van der Waals surface area contributed by atoms with Gasteiger partial charge >= 0.3 is 0 Å². The molecule has 0 aromatic heterocycles. The molecule has 76 valence electrons. The summed E-state index contributed by atoms with van der Waals surface area (Å²) in [5.41, 5.74) is 5.31. The molecule has 0 heterocycles. The SMILES string of the molecule is CCC(=O)NC(C=O)CCCCN. The minimum absolute atomic E-state index is 0.0788. The molecule has 0 aliphatic heterocycles. The van der Waals surface area contributed by atoms with Crippen LogP contribution in [-0.2, 0) is 9.59 Å². The molecule has 3 N–H and O–H groups in total. The van der Waals surface area contributed by atoms with Crippen molar-refractivity contribution in [3.05, 3.63) is 0 Å². The lowest BCUT2D eigenvalue weighted by molar-refractivity contribution is -0.123. The monoisotopic (exact) mass is 186 g/mol. The van der Waals surface area contributed by atoms with E-state index in [2.05, 4.69) is 5.32 Å². The van der Waals surface area contributed by atoms with Crippen LogP contribution in [0, 0.1) is 0 Å². The Labute approximate surface area is 78.9 Å². The molecule has 0 rings (SSSR count). The van der Waals surface area contributed by atoms with Gasteiger partial charge in [-0.15, -0.1) is 0 Å². The third-order valence-corrected chi connectivity index (χ3v) is 1.80. The third-order valence-electron chi connectivity index (χ3n) is 1.80. The first-order chi connectivity index (χ1) is 6.24. The van der Waals surface area contributed by atoms with Crippen molar-refractivity contribution >= 4 is 12.2 Å². The Bertz CT molecular complexity index is 160. The van der Waals surface area contributed by atoms with Gasteiger partial charge in [-0.3, -0.25) is 4.79 Å². The summed E-state index contributed by atoms with van der Waals surface area (Å²) in [6.07, 6.45) is 3.66. The Hall–Kier alpha value is -0.900. The van der Waals surface area contributed by atoms with Crippen LogP contribution in [0.15, 0.2) is 0 Å². The Morgan fingerprint density at radius 1 is 1.54 bits per heavy atom.